The summed E-state index contributed by atoms with van der Waals surface area (Å²) in [4.78, 5) is 2.35. The van der Waals surface area contributed by atoms with Crippen molar-refractivity contribution in [3.63, 3.8) is 0 Å². The lowest BCUT2D eigenvalue weighted by Gasteiger charge is -2.18. The van der Waals surface area contributed by atoms with E-state index in [2.05, 4.69) is 18.0 Å². The molecule has 3 nitrogen and oxygen atoms in total. The predicted molar refractivity (Wildman–Crippen MR) is 66.5 cm³/mol. The molecule has 0 unspecified atom stereocenters. The first kappa shape index (κ1) is 11.3. The molecule has 1 aliphatic rings. The van der Waals surface area contributed by atoms with Crippen LogP contribution in [0, 0.1) is 5.92 Å². The van der Waals surface area contributed by atoms with E-state index >= 15 is 0 Å². The molecule has 0 atom stereocenters. The number of benzene rings is 1. The molecule has 0 aliphatic heterocycles. The smallest absolute Gasteiger partial charge is 0.125 e. The maximum atomic E-state index is 5.73. The molecule has 1 fully saturated rings. The number of hydrogen-bond acceptors (Lipinski definition) is 3. The molecule has 0 saturated heterocycles. The Hall–Kier alpha value is -1.22. The molecule has 1 saturated carbocycles. The minimum Gasteiger partial charge on any atom is -0.496 e. The van der Waals surface area contributed by atoms with Crippen molar-refractivity contribution in [2.45, 2.75) is 19.4 Å². The van der Waals surface area contributed by atoms with Gasteiger partial charge in [0.05, 0.1) is 7.11 Å². The quantitative estimate of drug-likeness (QED) is 0.772. The summed E-state index contributed by atoms with van der Waals surface area (Å²) in [5, 5.41) is 0. The number of hydrogen-bond donors (Lipinski definition) is 1. The molecule has 1 aliphatic carbocycles. The SMILES string of the molecule is COc1cc(N)ccc1CN(C)CC1CC1. The Morgan fingerprint density at radius 1 is 1.44 bits per heavy atom. The molecule has 16 heavy (non-hydrogen) atoms. The van der Waals surface area contributed by atoms with Crippen LogP contribution in [-0.4, -0.2) is 25.6 Å². The highest BCUT2D eigenvalue weighted by Crippen LogP contribution is 2.30. The molecule has 0 amide bonds. The Balaban J connectivity index is 2.01. The minimum absolute atomic E-state index is 0.755. The molecule has 2 rings (SSSR count). The number of rotatable bonds is 5. The molecule has 0 radical (unpaired) electrons. The third kappa shape index (κ3) is 2.89. The first-order valence-corrected chi connectivity index (χ1v) is 5.80. The van der Waals surface area contributed by atoms with Crippen LogP contribution >= 0.6 is 0 Å². The molecule has 2 N–H and O–H groups in total. The van der Waals surface area contributed by atoms with Gasteiger partial charge in [0.2, 0.25) is 0 Å². The van der Waals surface area contributed by atoms with E-state index < -0.39 is 0 Å². The van der Waals surface area contributed by atoms with Gasteiger partial charge in [-0.1, -0.05) is 6.07 Å². The van der Waals surface area contributed by atoms with E-state index in [-0.39, 0.29) is 0 Å². The fraction of sp³-hybridized carbons (Fsp3) is 0.538. The summed E-state index contributed by atoms with van der Waals surface area (Å²) in [7, 11) is 3.85. The topological polar surface area (TPSA) is 38.5 Å². The van der Waals surface area contributed by atoms with E-state index in [1.54, 1.807) is 7.11 Å². The molecule has 3 heteroatoms. The lowest BCUT2D eigenvalue weighted by molar-refractivity contribution is 0.305. The average molecular weight is 220 g/mol. The van der Waals surface area contributed by atoms with Crippen molar-refractivity contribution in [1.82, 2.24) is 4.90 Å². The van der Waals surface area contributed by atoms with E-state index in [0.29, 0.717) is 0 Å². The van der Waals surface area contributed by atoms with E-state index in [4.69, 9.17) is 10.5 Å². The maximum Gasteiger partial charge on any atom is 0.125 e. The number of nitrogens with zero attached hydrogens (tertiary/aromatic N) is 1. The van der Waals surface area contributed by atoms with Crippen LogP contribution in [-0.2, 0) is 6.54 Å². The zero-order chi connectivity index (χ0) is 11.5. The van der Waals surface area contributed by atoms with Crippen LogP contribution < -0.4 is 10.5 Å². The van der Waals surface area contributed by atoms with Gasteiger partial charge in [0, 0.05) is 30.4 Å². The molecule has 0 heterocycles. The van der Waals surface area contributed by atoms with Gasteiger partial charge >= 0.3 is 0 Å². The number of methoxy groups -OCH3 is 1. The van der Waals surface area contributed by atoms with E-state index in [0.717, 1.165) is 23.9 Å². The summed E-state index contributed by atoms with van der Waals surface area (Å²) in [5.41, 5.74) is 7.69. The Morgan fingerprint density at radius 3 is 2.81 bits per heavy atom. The van der Waals surface area contributed by atoms with E-state index in [1.165, 1.54) is 24.9 Å². The standard InChI is InChI=1S/C13H20N2O/c1-15(8-10-3-4-10)9-11-5-6-12(14)7-13(11)16-2/h5-7,10H,3-4,8-9,14H2,1-2H3. The van der Waals surface area contributed by atoms with Crippen molar-refractivity contribution in [1.29, 1.82) is 0 Å². The van der Waals surface area contributed by atoms with Gasteiger partial charge in [0.1, 0.15) is 5.75 Å². The Morgan fingerprint density at radius 2 is 2.19 bits per heavy atom. The van der Waals surface area contributed by atoms with Gasteiger partial charge in [-0.3, -0.25) is 0 Å². The number of ether oxygens (including phenoxy) is 1. The summed E-state index contributed by atoms with van der Waals surface area (Å²) in [6.45, 7) is 2.12. The third-order valence-electron chi connectivity index (χ3n) is 3.02. The van der Waals surface area contributed by atoms with Crippen LogP contribution in [0.3, 0.4) is 0 Å². The molecular formula is C13H20N2O. The zero-order valence-electron chi connectivity index (χ0n) is 10.1. The third-order valence-corrected chi connectivity index (χ3v) is 3.02. The van der Waals surface area contributed by atoms with E-state index in [1.807, 2.05) is 12.1 Å². The minimum atomic E-state index is 0.755. The van der Waals surface area contributed by atoms with E-state index in [9.17, 15) is 0 Å². The van der Waals surface area contributed by atoms with Crippen LogP contribution in [0.25, 0.3) is 0 Å². The van der Waals surface area contributed by atoms with Crippen molar-refractivity contribution in [2.75, 3.05) is 26.4 Å². The lowest BCUT2D eigenvalue weighted by Crippen LogP contribution is -2.20. The second kappa shape index (κ2) is 4.74. The highest BCUT2D eigenvalue weighted by Gasteiger charge is 2.23. The van der Waals surface area contributed by atoms with Gasteiger partial charge in [-0.2, -0.15) is 0 Å². The fourth-order valence-corrected chi connectivity index (χ4v) is 1.99. The highest BCUT2D eigenvalue weighted by atomic mass is 16.5. The van der Waals surface area contributed by atoms with Crippen molar-refractivity contribution < 1.29 is 4.74 Å². The summed E-state index contributed by atoms with van der Waals surface area (Å²) < 4.78 is 5.34. The lowest BCUT2D eigenvalue weighted by atomic mass is 10.1. The van der Waals surface area contributed by atoms with Gasteiger partial charge in [-0.05, 0) is 31.9 Å². The Labute approximate surface area is 97.2 Å². The molecule has 0 aromatic heterocycles. The van der Waals surface area contributed by atoms with Crippen LogP contribution in [0.15, 0.2) is 18.2 Å². The fourth-order valence-electron chi connectivity index (χ4n) is 1.99. The molecule has 1 aromatic carbocycles. The van der Waals surface area contributed by atoms with Crippen molar-refractivity contribution in [3.05, 3.63) is 23.8 Å². The van der Waals surface area contributed by atoms with Crippen molar-refractivity contribution in [2.24, 2.45) is 5.92 Å². The Kier molecular flexibility index (Phi) is 3.34. The average Bonchev–Trinajstić information content (AvgIpc) is 3.04. The monoisotopic (exact) mass is 220 g/mol. The molecule has 0 bridgehead atoms. The van der Waals surface area contributed by atoms with Crippen molar-refractivity contribution in [3.8, 4) is 5.75 Å². The summed E-state index contributed by atoms with van der Waals surface area (Å²) in [5.74, 6) is 1.81. The zero-order valence-corrected chi connectivity index (χ0v) is 10.1. The predicted octanol–water partition coefficient (Wildman–Crippen LogP) is 2.12. The number of nitrogen functional groups attached to an aromatic ring is 1. The first-order chi connectivity index (χ1) is 7.69. The summed E-state index contributed by atoms with van der Waals surface area (Å²) in [6.07, 6.45) is 2.78. The van der Waals surface area contributed by atoms with Crippen LogP contribution in [0.1, 0.15) is 18.4 Å². The molecule has 1 aromatic rings. The number of nitrogens with two attached hydrogens (primary N) is 1. The normalized spacial score (nSPS) is 15.4. The molecule has 0 spiro atoms. The Bertz CT molecular complexity index is 361. The molecule has 88 valence electrons. The largest absolute Gasteiger partial charge is 0.496 e. The van der Waals surface area contributed by atoms with Gasteiger partial charge in [0.25, 0.3) is 0 Å². The second-order valence-electron chi connectivity index (χ2n) is 4.71. The van der Waals surface area contributed by atoms with Gasteiger partial charge < -0.3 is 15.4 Å². The number of anilines is 1. The van der Waals surface area contributed by atoms with Crippen molar-refractivity contribution >= 4 is 5.69 Å². The van der Waals surface area contributed by atoms with Gasteiger partial charge in [-0.15, -0.1) is 0 Å². The maximum absolute atomic E-state index is 5.73. The van der Waals surface area contributed by atoms with Crippen LogP contribution in [0.4, 0.5) is 5.69 Å². The summed E-state index contributed by atoms with van der Waals surface area (Å²) in [6, 6.07) is 5.88. The first-order valence-electron chi connectivity index (χ1n) is 5.80. The summed E-state index contributed by atoms with van der Waals surface area (Å²) >= 11 is 0. The second-order valence-corrected chi connectivity index (χ2v) is 4.71. The van der Waals surface area contributed by atoms with Crippen LogP contribution in [0.2, 0.25) is 0 Å². The van der Waals surface area contributed by atoms with Gasteiger partial charge in [0.15, 0.2) is 0 Å². The van der Waals surface area contributed by atoms with Crippen LogP contribution in [0.5, 0.6) is 5.75 Å². The van der Waals surface area contributed by atoms with Gasteiger partial charge in [-0.25, -0.2) is 0 Å². The molecular weight excluding hydrogens is 200 g/mol. The highest BCUT2D eigenvalue weighted by molar-refractivity contribution is 5.48.